The van der Waals surface area contributed by atoms with Gasteiger partial charge in [-0.2, -0.15) is 0 Å². The highest BCUT2D eigenvalue weighted by Crippen LogP contribution is 2.52. The molecule has 13 nitrogen and oxygen atoms in total. The van der Waals surface area contributed by atoms with Gasteiger partial charge in [-0.15, -0.1) is 12.4 Å². The lowest BCUT2D eigenvalue weighted by molar-refractivity contribution is -0.162. The predicted molar refractivity (Wildman–Crippen MR) is 245 cm³/mol. The molecule has 10 unspecified atom stereocenters. The van der Waals surface area contributed by atoms with Crippen molar-refractivity contribution < 1.29 is 38.2 Å². The maximum atomic E-state index is 14.8. The van der Waals surface area contributed by atoms with E-state index >= 15 is 0 Å². The first-order valence-electron chi connectivity index (χ1n) is 22.7. The minimum absolute atomic E-state index is 0. The maximum Gasteiger partial charge on any atom is 0.339 e. The Bertz CT molecular complexity index is 2190. The Hall–Kier alpha value is -5.37. The third-order valence-corrected chi connectivity index (χ3v) is 14.3. The molecule has 4 aromatic rings. The van der Waals surface area contributed by atoms with E-state index in [1.165, 1.54) is 0 Å². The quantitative estimate of drug-likeness (QED) is 0.0541. The normalized spacial score (nSPS) is 26.7. The fraction of sp³-hybridized carbons (Fsp3) is 0.480. The van der Waals surface area contributed by atoms with Gasteiger partial charge in [0.1, 0.15) is 12.2 Å². The van der Waals surface area contributed by atoms with Crippen LogP contribution in [0.1, 0.15) is 72.1 Å². The number of hydrogen-bond donors (Lipinski definition) is 5. The van der Waals surface area contributed by atoms with E-state index in [0.717, 1.165) is 21.5 Å². The minimum Gasteiger partial charge on any atom is -0.458 e. The van der Waals surface area contributed by atoms with Crippen molar-refractivity contribution >= 4 is 69.5 Å². The Balaban J connectivity index is 0.00000612. The molecule has 14 heteroatoms. The van der Waals surface area contributed by atoms with E-state index in [4.69, 9.17) is 9.47 Å². The molecule has 4 amide bonds. The lowest BCUT2D eigenvalue weighted by atomic mass is 9.56. The van der Waals surface area contributed by atoms with Crippen LogP contribution in [0.2, 0.25) is 0 Å². The monoisotopic (exact) mass is 893 g/mol. The number of nitrogens with one attached hydrogen (secondary N) is 5. The Morgan fingerprint density at radius 1 is 0.500 bits per heavy atom. The molecule has 0 aliphatic heterocycles. The first-order valence-corrected chi connectivity index (χ1v) is 22.7. The molecule has 10 atom stereocenters. The average Bonchev–Trinajstić information content (AvgIpc) is 3.31. The number of amides is 4. The zero-order valence-electron chi connectivity index (χ0n) is 36.5. The van der Waals surface area contributed by atoms with Gasteiger partial charge >= 0.3 is 11.9 Å². The number of halogens is 1. The molecule has 0 radical (unpaired) electrons. The molecule has 4 aromatic carbocycles. The van der Waals surface area contributed by atoms with Gasteiger partial charge < -0.3 is 30.7 Å². The Morgan fingerprint density at radius 3 is 1.33 bits per heavy atom. The Morgan fingerprint density at radius 2 is 0.906 bits per heavy atom. The number of fused-ring (bicyclic) bond motifs is 8. The fourth-order valence-electron chi connectivity index (χ4n) is 11.4. The molecule has 0 heterocycles. The smallest absolute Gasteiger partial charge is 0.339 e. The number of ether oxygens (including phenoxy) is 2. The van der Waals surface area contributed by atoms with E-state index in [2.05, 4.69) is 26.6 Å². The molecule has 6 saturated carbocycles. The van der Waals surface area contributed by atoms with E-state index in [1.54, 1.807) is 12.1 Å². The fourth-order valence-corrected chi connectivity index (χ4v) is 11.4. The zero-order valence-corrected chi connectivity index (χ0v) is 37.3. The number of benzene rings is 4. The van der Waals surface area contributed by atoms with Crippen molar-refractivity contribution in [1.82, 2.24) is 26.6 Å². The van der Waals surface area contributed by atoms with Crippen LogP contribution >= 0.6 is 12.4 Å². The summed E-state index contributed by atoms with van der Waals surface area (Å²) in [6.07, 6.45) is 3.31. The van der Waals surface area contributed by atoms with Crippen LogP contribution in [0, 0.1) is 47.3 Å². The summed E-state index contributed by atoms with van der Waals surface area (Å²) in [7, 11) is 3.68. The highest BCUT2D eigenvalue weighted by molar-refractivity contribution is 6.06. The number of esters is 2. The molecule has 6 fully saturated rings. The summed E-state index contributed by atoms with van der Waals surface area (Å²) in [6.45, 7) is 2.23. The summed E-state index contributed by atoms with van der Waals surface area (Å²) in [4.78, 5) is 85.6. The molecular formula is C50H60ClN5O8. The second-order valence-corrected chi connectivity index (χ2v) is 17.9. The molecular weight excluding hydrogens is 834 g/mol. The summed E-state index contributed by atoms with van der Waals surface area (Å²) in [5, 5.41) is 18.3. The molecule has 6 aliphatic rings. The average molecular weight is 895 g/mol. The zero-order chi connectivity index (χ0) is 44.0. The summed E-state index contributed by atoms with van der Waals surface area (Å²) >= 11 is 0. The van der Waals surface area contributed by atoms with Crippen molar-refractivity contribution in [3.63, 3.8) is 0 Å². The van der Waals surface area contributed by atoms with Gasteiger partial charge in [0.05, 0.1) is 34.8 Å². The first-order chi connectivity index (χ1) is 30.7. The van der Waals surface area contributed by atoms with Crippen molar-refractivity contribution in [1.29, 1.82) is 0 Å². The van der Waals surface area contributed by atoms with Crippen LogP contribution in [0.3, 0.4) is 0 Å². The van der Waals surface area contributed by atoms with Crippen LogP contribution in [0.4, 0.5) is 0 Å². The van der Waals surface area contributed by atoms with Crippen LogP contribution < -0.4 is 26.6 Å². The van der Waals surface area contributed by atoms with E-state index in [9.17, 15) is 28.8 Å². The third-order valence-electron chi connectivity index (χ3n) is 14.3. The van der Waals surface area contributed by atoms with Crippen molar-refractivity contribution in [2.75, 3.05) is 40.3 Å². The van der Waals surface area contributed by atoms with Gasteiger partial charge in [-0.25, -0.2) is 9.59 Å². The van der Waals surface area contributed by atoms with E-state index in [-0.39, 0.29) is 36.1 Å². The molecule has 0 aromatic heterocycles. The number of carbonyl (C=O) groups is 6. The highest BCUT2D eigenvalue weighted by Gasteiger charge is 2.58. The van der Waals surface area contributed by atoms with Gasteiger partial charge in [0.2, 0.25) is 23.6 Å². The van der Waals surface area contributed by atoms with Crippen LogP contribution in [-0.2, 0) is 28.7 Å². The molecule has 0 saturated heterocycles. The highest BCUT2D eigenvalue weighted by atomic mass is 35.5. The van der Waals surface area contributed by atoms with Crippen LogP contribution in [0.5, 0.6) is 0 Å². The molecule has 64 heavy (non-hydrogen) atoms. The number of carbonyl (C=O) groups excluding carboxylic acids is 6. The van der Waals surface area contributed by atoms with Crippen molar-refractivity contribution in [3.8, 4) is 0 Å². The van der Waals surface area contributed by atoms with Crippen LogP contribution in [0.25, 0.3) is 21.5 Å². The number of hydrogen-bond acceptors (Lipinski definition) is 10. The van der Waals surface area contributed by atoms with Gasteiger partial charge in [-0.05, 0) is 124 Å². The Labute approximate surface area is 380 Å². The molecule has 340 valence electrons. The van der Waals surface area contributed by atoms with E-state index in [0.29, 0.717) is 88.7 Å². The minimum atomic E-state index is -0.967. The number of imide groups is 1. The van der Waals surface area contributed by atoms with Gasteiger partial charge in [0.15, 0.2) is 0 Å². The van der Waals surface area contributed by atoms with E-state index < -0.39 is 71.5 Å². The van der Waals surface area contributed by atoms with Gasteiger partial charge in [0.25, 0.3) is 0 Å². The van der Waals surface area contributed by atoms with Crippen LogP contribution in [0.15, 0.2) is 84.9 Å². The summed E-state index contributed by atoms with van der Waals surface area (Å²) in [5.74, 6) is -7.78. The van der Waals surface area contributed by atoms with Crippen molar-refractivity contribution in [2.45, 2.75) is 63.6 Å². The molecule has 4 bridgehead atoms. The molecule has 10 rings (SSSR count). The second-order valence-electron chi connectivity index (χ2n) is 17.9. The topological polar surface area (TPSA) is 181 Å². The second kappa shape index (κ2) is 21.1. The SMILES string of the molecule is CNCCCNC(=O)C1C2CCC(C(OC(=O)c3cccc4ccccc34)C2)C1C(=O)NC(=O)C1C2CCC(CC2OC(=O)c2cccc3ccccc23)C1C(=O)NCCCNC.Cl. The standard InChI is InChI=1S/C50H59N5O8.ClH/c1-51-23-9-25-53-45(56)41-31-19-21-37(39(27-31)62-49(60)35-17-7-13-29-11-3-5-15-33(29)35)43(41)47(58)55-48(59)44-38-22-20-32(42(44)46(57)54-26-10-24-52-2)28-40(38)63-50(61)36-18-8-14-30-12-4-6-16-34(30)36;/h3-8,11-18,31-32,37-44,51-52H,9-10,19-28H2,1-2H3,(H,53,56)(H,54,57)(H,55,58,59);1H. The van der Waals surface area contributed by atoms with Gasteiger partial charge in [0, 0.05) is 24.9 Å². The lowest BCUT2D eigenvalue weighted by Crippen LogP contribution is -2.61. The maximum absolute atomic E-state index is 14.8. The summed E-state index contributed by atoms with van der Waals surface area (Å²) < 4.78 is 12.5. The van der Waals surface area contributed by atoms with Crippen LogP contribution in [-0.4, -0.2) is 88.0 Å². The molecule has 5 N–H and O–H groups in total. The molecule has 6 aliphatic carbocycles. The first kappa shape index (κ1) is 46.6. The van der Waals surface area contributed by atoms with Gasteiger partial charge in [-0.1, -0.05) is 72.8 Å². The summed E-state index contributed by atoms with van der Waals surface area (Å²) in [5.41, 5.74) is 0.839. The summed E-state index contributed by atoms with van der Waals surface area (Å²) in [6, 6.07) is 26.1. The van der Waals surface area contributed by atoms with Gasteiger partial charge in [-0.3, -0.25) is 24.5 Å². The Kier molecular flexibility index (Phi) is 15.4. The third kappa shape index (κ3) is 9.67. The largest absolute Gasteiger partial charge is 0.458 e. The van der Waals surface area contributed by atoms with Crippen molar-refractivity contribution in [3.05, 3.63) is 96.1 Å². The van der Waals surface area contributed by atoms with E-state index in [1.807, 2.05) is 86.9 Å². The predicted octanol–water partition coefficient (Wildman–Crippen LogP) is 5.58. The molecule has 0 spiro atoms. The lowest BCUT2D eigenvalue weighted by Gasteiger charge is -2.51. The van der Waals surface area contributed by atoms with Crippen molar-refractivity contribution in [2.24, 2.45) is 47.3 Å². The number of rotatable bonds is 16.